The van der Waals surface area contributed by atoms with E-state index >= 15 is 0 Å². The molecule has 1 saturated heterocycles. The second-order valence-corrected chi connectivity index (χ2v) is 10.1. The van der Waals surface area contributed by atoms with Gasteiger partial charge in [-0.3, -0.25) is 4.79 Å². The monoisotopic (exact) mass is 473 g/mol. The molecule has 7 heteroatoms. The molecular formula is C28H35N5O2. The summed E-state index contributed by atoms with van der Waals surface area (Å²) in [5.74, 6) is 0.907. The molecule has 3 aromatic rings. The van der Waals surface area contributed by atoms with Gasteiger partial charge >= 0.3 is 5.97 Å². The number of benzene rings is 1. The van der Waals surface area contributed by atoms with Gasteiger partial charge in [0.2, 0.25) is 0 Å². The smallest absolute Gasteiger partial charge is 0.304 e. The summed E-state index contributed by atoms with van der Waals surface area (Å²) >= 11 is 0. The van der Waals surface area contributed by atoms with Gasteiger partial charge in [-0.1, -0.05) is 18.2 Å². The maximum Gasteiger partial charge on any atom is 0.304 e. The standard InChI is InChI=1S/C28H35N5O2/c1-20-11-15-33(31-20)26-6-2-4-23(16-26)24(17-27(34)35)19-32-14-12-21(18-32)7-9-25-10-8-22-5-3-13-29-28(22)30-25/h2,4,6,8,10-11,15-16,21,24H,3,5,7,9,12-14,17-19H2,1H3,(H,29,30)(H,34,35)/t21-,24-/m1/s1. The van der Waals surface area contributed by atoms with Crippen molar-refractivity contribution in [1.82, 2.24) is 19.7 Å². The minimum Gasteiger partial charge on any atom is -0.481 e. The Hall–Kier alpha value is -3.19. The molecule has 5 rings (SSSR count). The predicted octanol–water partition coefficient (Wildman–Crippen LogP) is 4.45. The second kappa shape index (κ2) is 10.6. The third-order valence-corrected chi connectivity index (χ3v) is 7.36. The number of nitrogens with zero attached hydrogens (tertiary/aromatic N) is 4. The number of fused-ring (bicyclic) bond motifs is 1. The van der Waals surface area contributed by atoms with Crippen LogP contribution in [0.15, 0.2) is 48.7 Å². The fourth-order valence-electron chi connectivity index (χ4n) is 5.46. The van der Waals surface area contributed by atoms with E-state index in [1.54, 1.807) is 0 Å². The predicted molar refractivity (Wildman–Crippen MR) is 137 cm³/mol. The van der Waals surface area contributed by atoms with Crippen LogP contribution in [-0.2, 0) is 17.6 Å². The van der Waals surface area contributed by atoms with Gasteiger partial charge in [0.25, 0.3) is 0 Å². The summed E-state index contributed by atoms with van der Waals surface area (Å²) in [6.07, 6.45) is 7.66. The number of rotatable bonds is 9. The van der Waals surface area contributed by atoms with Crippen LogP contribution in [0.3, 0.4) is 0 Å². The van der Waals surface area contributed by atoms with E-state index in [1.165, 1.54) is 17.7 Å². The Balaban J connectivity index is 1.20. The third-order valence-electron chi connectivity index (χ3n) is 7.36. The molecule has 184 valence electrons. The van der Waals surface area contributed by atoms with Gasteiger partial charge in [0, 0.05) is 37.4 Å². The van der Waals surface area contributed by atoms with E-state index in [9.17, 15) is 9.90 Å². The van der Waals surface area contributed by atoms with Crippen LogP contribution in [0.25, 0.3) is 5.69 Å². The Kier molecular flexibility index (Phi) is 7.13. The molecule has 0 unspecified atom stereocenters. The zero-order chi connectivity index (χ0) is 24.2. The van der Waals surface area contributed by atoms with Crippen molar-refractivity contribution in [3.05, 3.63) is 71.2 Å². The molecule has 2 atom stereocenters. The Morgan fingerprint density at radius 2 is 2.17 bits per heavy atom. The minimum absolute atomic E-state index is 0.0451. The summed E-state index contributed by atoms with van der Waals surface area (Å²) in [7, 11) is 0. The second-order valence-electron chi connectivity index (χ2n) is 10.1. The van der Waals surface area contributed by atoms with Crippen molar-refractivity contribution in [3.63, 3.8) is 0 Å². The van der Waals surface area contributed by atoms with Gasteiger partial charge in [0.05, 0.1) is 17.8 Å². The fourth-order valence-corrected chi connectivity index (χ4v) is 5.46. The average molecular weight is 474 g/mol. The van der Waals surface area contributed by atoms with Gasteiger partial charge < -0.3 is 15.3 Å². The van der Waals surface area contributed by atoms with E-state index in [-0.39, 0.29) is 12.3 Å². The number of aliphatic carboxylic acids is 1. The van der Waals surface area contributed by atoms with Crippen LogP contribution in [0.5, 0.6) is 0 Å². The van der Waals surface area contributed by atoms with Crippen LogP contribution in [0.2, 0.25) is 0 Å². The number of nitrogens with one attached hydrogen (secondary N) is 1. The number of carboxylic acid groups (broad SMARTS) is 1. The van der Waals surface area contributed by atoms with Crippen LogP contribution in [-0.4, -0.2) is 56.9 Å². The normalized spacial score (nSPS) is 18.7. The summed E-state index contributed by atoms with van der Waals surface area (Å²) in [4.78, 5) is 19.0. The Morgan fingerprint density at radius 3 is 3.00 bits per heavy atom. The number of carbonyl (C=O) groups is 1. The van der Waals surface area contributed by atoms with Gasteiger partial charge in [0.15, 0.2) is 0 Å². The summed E-state index contributed by atoms with van der Waals surface area (Å²) in [5.41, 5.74) is 5.50. The van der Waals surface area contributed by atoms with E-state index < -0.39 is 5.97 Å². The number of aromatic nitrogens is 3. The molecule has 0 saturated carbocycles. The minimum atomic E-state index is -0.752. The first-order valence-corrected chi connectivity index (χ1v) is 12.8. The van der Waals surface area contributed by atoms with Crippen molar-refractivity contribution in [2.75, 3.05) is 31.5 Å². The Bertz CT molecular complexity index is 1170. The number of aryl methyl sites for hydroxylation is 3. The molecule has 0 bridgehead atoms. The molecule has 1 fully saturated rings. The van der Waals surface area contributed by atoms with Crippen molar-refractivity contribution >= 4 is 11.8 Å². The highest BCUT2D eigenvalue weighted by Gasteiger charge is 2.27. The van der Waals surface area contributed by atoms with Crippen LogP contribution in [0, 0.1) is 12.8 Å². The van der Waals surface area contributed by atoms with Crippen molar-refractivity contribution in [3.8, 4) is 5.69 Å². The van der Waals surface area contributed by atoms with Crippen molar-refractivity contribution in [1.29, 1.82) is 0 Å². The van der Waals surface area contributed by atoms with Crippen molar-refractivity contribution in [2.45, 2.75) is 51.4 Å². The zero-order valence-electron chi connectivity index (χ0n) is 20.5. The highest BCUT2D eigenvalue weighted by molar-refractivity contribution is 5.68. The zero-order valence-corrected chi connectivity index (χ0v) is 20.5. The SMILES string of the molecule is Cc1ccn(-c2cccc([C@H](CC(=O)O)CN3CC[C@@H](CCc4ccc5c(n4)NCCC5)C3)c2)n1. The van der Waals surface area contributed by atoms with Crippen LogP contribution >= 0.6 is 0 Å². The fraction of sp³-hybridized carbons (Fsp3) is 0.464. The molecule has 2 aliphatic rings. The number of carboxylic acids is 1. The highest BCUT2D eigenvalue weighted by Crippen LogP contribution is 2.28. The molecule has 0 radical (unpaired) electrons. The maximum atomic E-state index is 11.7. The highest BCUT2D eigenvalue weighted by atomic mass is 16.4. The number of hydrogen-bond donors (Lipinski definition) is 2. The van der Waals surface area contributed by atoms with Gasteiger partial charge in [-0.15, -0.1) is 0 Å². The molecule has 35 heavy (non-hydrogen) atoms. The number of likely N-dealkylation sites (tertiary alicyclic amines) is 1. The molecule has 2 aromatic heterocycles. The molecule has 2 N–H and O–H groups in total. The van der Waals surface area contributed by atoms with Crippen LogP contribution in [0.4, 0.5) is 5.82 Å². The number of anilines is 1. The number of pyridine rings is 1. The molecule has 1 aromatic carbocycles. The Morgan fingerprint density at radius 1 is 1.26 bits per heavy atom. The topological polar surface area (TPSA) is 83.3 Å². The maximum absolute atomic E-state index is 11.7. The summed E-state index contributed by atoms with van der Waals surface area (Å²) in [6.45, 7) is 5.81. The van der Waals surface area contributed by atoms with E-state index in [1.807, 2.05) is 36.0 Å². The summed E-state index contributed by atoms with van der Waals surface area (Å²) < 4.78 is 1.85. The van der Waals surface area contributed by atoms with Crippen LogP contribution < -0.4 is 5.32 Å². The number of hydrogen-bond acceptors (Lipinski definition) is 5. The lowest BCUT2D eigenvalue weighted by molar-refractivity contribution is -0.137. The largest absolute Gasteiger partial charge is 0.481 e. The van der Waals surface area contributed by atoms with Gasteiger partial charge in [-0.25, -0.2) is 9.67 Å². The van der Waals surface area contributed by atoms with Gasteiger partial charge in [0.1, 0.15) is 5.82 Å². The molecule has 0 amide bonds. The van der Waals surface area contributed by atoms with E-state index in [2.05, 4.69) is 39.6 Å². The van der Waals surface area contributed by atoms with Crippen molar-refractivity contribution < 1.29 is 9.90 Å². The first-order valence-electron chi connectivity index (χ1n) is 12.8. The van der Waals surface area contributed by atoms with E-state index in [4.69, 9.17) is 4.98 Å². The molecule has 0 spiro atoms. The molecule has 4 heterocycles. The van der Waals surface area contributed by atoms with Crippen LogP contribution in [0.1, 0.15) is 54.1 Å². The molecule has 2 aliphatic heterocycles. The van der Waals surface area contributed by atoms with Gasteiger partial charge in [-0.2, -0.15) is 5.10 Å². The molecular weight excluding hydrogens is 438 g/mol. The lowest BCUT2D eigenvalue weighted by Gasteiger charge is -2.24. The molecule has 0 aliphatic carbocycles. The Labute approximate surface area is 207 Å². The van der Waals surface area contributed by atoms with Gasteiger partial charge in [-0.05, 0) is 86.9 Å². The first-order chi connectivity index (χ1) is 17.0. The third kappa shape index (κ3) is 5.90. The summed E-state index contributed by atoms with van der Waals surface area (Å²) in [5, 5.41) is 17.5. The first kappa shape index (κ1) is 23.5. The average Bonchev–Trinajstić information content (AvgIpc) is 3.51. The van der Waals surface area contributed by atoms with E-state index in [0.29, 0.717) is 5.92 Å². The van der Waals surface area contributed by atoms with E-state index in [0.717, 1.165) is 74.6 Å². The summed E-state index contributed by atoms with van der Waals surface area (Å²) in [6, 6.07) is 14.6. The lowest BCUT2D eigenvalue weighted by atomic mass is 9.94. The quantitative estimate of drug-likeness (QED) is 0.478. The lowest BCUT2D eigenvalue weighted by Crippen LogP contribution is -2.28. The van der Waals surface area contributed by atoms with Crippen molar-refractivity contribution in [2.24, 2.45) is 5.92 Å². The molecule has 7 nitrogen and oxygen atoms in total.